The van der Waals surface area contributed by atoms with Gasteiger partial charge >= 0.3 is 0 Å². The van der Waals surface area contributed by atoms with Gasteiger partial charge in [0.05, 0.1) is 5.69 Å². The van der Waals surface area contributed by atoms with E-state index in [2.05, 4.69) is 17.1 Å². The van der Waals surface area contributed by atoms with Gasteiger partial charge in [0.2, 0.25) is 0 Å². The molecule has 0 aliphatic rings. The molecular weight excluding hydrogens is 376 g/mol. The fourth-order valence-electron chi connectivity index (χ4n) is 3.55. The van der Waals surface area contributed by atoms with Gasteiger partial charge in [-0.2, -0.15) is 0 Å². The molecule has 0 radical (unpaired) electrons. The van der Waals surface area contributed by atoms with E-state index in [4.69, 9.17) is 19.9 Å². The van der Waals surface area contributed by atoms with Gasteiger partial charge in [0.15, 0.2) is 0 Å². The quantitative estimate of drug-likeness (QED) is 0.276. The number of unbranched alkanes of at least 4 members (excludes halogenated alkanes) is 7. The van der Waals surface area contributed by atoms with Gasteiger partial charge in [0, 0.05) is 13.7 Å². The molecule has 0 amide bonds. The van der Waals surface area contributed by atoms with Crippen LogP contribution < -0.4 is 10.5 Å². The minimum Gasteiger partial charge on any atom is -0.487 e. The van der Waals surface area contributed by atoms with Crippen molar-refractivity contribution < 1.29 is 14.2 Å². The number of rotatable bonds is 16. The Bertz CT molecular complexity index is 707. The van der Waals surface area contributed by atoms with Crippen LogP contribution in [0.1, 0.15) is 68.2 Å². The molecule has 0 fully saturated rings. The molecule has 0 atom stereocenters. The molecule has 1 aromatic heterocycles. The molecule has 0 aliphatic heterocycles. The van der Waals surface area contributed by atoms with E-state index in [0.717, 1.165) is 48.4 Å². The number of benzene rings is 1. The Labute approximate surface area is 181 Å². The van der Waals surface area contributed by atoms with Gasteiger partial charge in [0.1, 0.15) is 25.0 Å². The van der Waals surface area contributed by atoms with Gasteiger partial charge in [-0.15, -0.1) is 0 Å². The van der Waals surface area contributed by atoms with Crippen molar-refractivity contribution in [1.82, 2.24) is 4.98 Å². The number of aryl methyl sites for hydroxylation is 2. The number of pyridine rings is 1. The second-order valence-corrected chi connectivity index (χ2v) is 7.81. The fourth-order valence-corrected chi connectivity index (χ4v) is 3.55. The van der Waals surface area contributed by atoms with Gasteiger partial charge in [-0.1, -0.05) is 68.9 Å². The van der Waals surface area contributed by atoms with E-state index >= 15 is 0 Å². The summed E-state index contributed by atoms with van der Waals surface area (Å²) in [7, 11) is 1.66. The summed E-state index contributed by atoms with van der Waals surface area (Å²) >= 11 is 0. The van der Waals surface area contributed by atoms with Crippen LogP contribution in [0.4, 0.5) is 5.82 Å². The van der Waals surface area contributed by atoms with E-state index < -0.39 is 0 Å². The minimum absolute atomic E-state index is 0.403. The Hall–Kier alpha value is -2.11. The number of nitrogen functional groups attached to an aromatic ring is 1. The molecule has 0 spiro atoms. The number of ether oxygens (including phenoxy) is 3. The van der Waals surface area contributed by atoms with Crippen LogP contribution >= 0.6 is 0 Å². The van der Waals surface area contributed by atoms with E-state index in [1.165, 1.54) is 38.5 Å². The molecule has 0 aliphatic carbocycles. The third kappa shape index (κ3) is 9.59. The Kier molecular flexibility index (Phi) is 11.9. The molecule has 2 aromatic rings. The van der Waals surface area contributed by atoms with Crippen LogP contribution in [0.5, 0.6) is 5.75 Å². The predicted molar refractivity (Wildman–Crippen MR) is 123 cm³/mol. The fraction of sp³-hybridized carbons (Fsp3) is 0.560. The van der Waals surface area contributed by atoms with Crippen LogP contribution in [0.15, 0.2) is 36.4 Å². The van der Waals surface area contributed by atoms with Gasteiger partial charge in [-0.05, 0) is 43.4 Å². The van der Waals surface area contributed by atoms with Crippen LogP contribution in [-0.2, 0) is 22.5 Å². The number of methoxy groups -OCH3 is 1. The van der Waals surface area contributed by atoms with Crippen molar-refractivity contribution in [2.75, 3.05) is 26.2 Å². The van der Waals surface area contributed by atoms with Gasteiger partial charge in [-0.3, -0.25) is 0 Å². The molecule has 0 unspecified atom stereocenters. The highest BCUT2D eigenvalue weighted by atomic mass is 16.7. The first-order valence-electron chi connectivity index (χ1n) is 11.2. The monoisotopic (exact) mass is 414 g/mol. The molecule has 166 valence electrons. The summed E-state index contributed by atoms with van der Waals surface area (Å²) in [6, 6.07) is 12.1. The lowest BCUT2D eigenvalue weighted by atomic mass is 10.0. The molecule has 0 saturated carbocycles. The number of hydrogen-bond acceptors (Lipinski definition) is 5. The van der Waals surface area contributed by atoms with Crippen molar-refractivity contribution in [1.29, 1.82) is 0 Å². The maximum absolute atomic E-state index is 6.13. The van der Waals surface area contributed by atoms with Crippen LogP contribution in [0.3, 0.4) is 0 Å². The van der Waals surface area contributed by atoms with Crippen molar-refractivity contribution in [3.63, 3.8) is 0 Å². The third-order valence-corrected chi connectivity index (χ3v) is 5.13. The molecular formula is C25H38N2O3. The molecule has 2 N–H and O–H groups in total. The standard InChI is InChI=1S/C25H38N2O3/c1-21-18-24(26)27-23(25(21)30-19-22-14-10-9-11-15-22)16-12-7-5-3-4-6-8-13-17-29-20-28-2/h9-11,14-15,18H,3-8,12-13,16-17,19-20H2,1-2H3,(H2,26,27). The summed E-state index contributed by atoms with van der Waals surface area (Å²) in [5, 5.41) is 0. The van der Waals surface area contributed by atoms with E-state index in [1.807, 2.05) is 31.2 Å². The van der Waals surface area contributed by atoms with Crippen molar-refractivity contribution in [3.8, 4) is 5.75 Å². The summed E-state index contributed by atoms with van der Waals surface area (Å²) in [5.74, 6) is 1.47. The normalized spacial score (nSPS) is 11.0. The second-order valence-electron chi connectivity index (χ2n) is 7.81. The van der Waals surface area contributed by atoms with Crippen LogP contribution in [0.2, 0.25) is 0 Å². The largest absolute Gasteiger partial charge is 0.487 e. The highest BCUT2D eigenvalue weighted by molar-refractivity contribution is 5.45. The molecule has 1 heterocycles. The Morgan fingerprint density at radius 3 is 2.27 bits per heavy atom. The van der Waals surface area contributed by atoms with Crippen LogP contribution in [0.25, 0.3) is 0 Å². The van der Waals surface area contributed by atoms with Crippen molar-refractivity contribution in [2.24, 2.45) is 0 Å². The summed E-state index contributed by atoms with van der Waals surface area (Å²) < 4.78 is 16.3. The van der Waals surface area contributed by atoms with Crippen molar-refractivity contribution in [3.05, 3.63) is 53.2 Å². The van der Waals surface area contributed by atoms with Gasteiger partial charge < -0.3 is 19.9 Å². The number of anilines is 1. The molecule has 2 rings (SSSR count). The number of hydrogen-bond donors (Lipinski definition) is 1. The average molecular weight is 415 g/mol. The van der Waals surface area contributed by atoms with Crippen molar-refractivity contribution >= 4 is 5.82 Å². The first-order valence-corrected chi connectivity index (χ1v) is 11.2. The zero-order valence-electron chi connectivity index (χ0n) is 18.7. The molecule has 0 saturated heterocycles. The smallest absolute Gasteiger partial charge is 0.146 e. The van der Waals surface area contributed by atoms with Gasteiger partial charge in [0.25, 0.3) is 0 Å². The zero-order valence-corrected chi connectivity index (χ0v) is 18.7. The maximum Gasteiger partial charge on any atom is 0.146 e. The molecule has 1 aromatic carbocycles. The number of nitrogens with zero attached hydrogens (tertiary/aromatic N) is 1. The Balaban J connectivity index is 1.66. The topological polar surface area (TPSA) is 66.6 Å². The summed E-state index contributed by atoms with van der Waals surface area (Å²) in [5.41, 5.74) is 9.19. The lowest BCUT2D eigenvalue weighted by Crippen LogP contribution is -2.05. The second kappa shape index (κ2) is 14.8. The van der Waals surface area contributed by atoms with E-state index in [1.54, 1.807) is 7.11 Å². The first-order chi connectivity index (χ1) is 14.7. The van der Waals surface area contributed by atoms with E-state index in [-0.39, 0.29) is 0 Å². The summed E-state index contributed by atoms with van der Waals surface area (Å²) in [6.07, 6.45) is 10.7. The molecule has 5 heteroatoms. The minimum atomic E-state index is 0.403. The zero-order chi connectivity index (χ0) is 21.4. The van der Waals surface area contributed by atoms with Gasteiger partial charge in [-0.25, -0.2) is 4.98 Å². The number of aromatic nitrogens is 1. The third-order valence-electron chi connectivity index (χ3n) is 5.13. The van der Waals surface area contributed by atoms with E-state index in [0.29, 0.717) is 19.2 Å². The maximum atomic E-state index is 6.13. The highest BCUT2D eigenvalue weighted by Crippen LogP contribution is 2.26. The Morgan fingerprint density at radius 1 is 0.900 bits per heavy atom. The predicted octanol–water partition coefficient (Wildman–Crippen LogP) is 5.84. The lowest BCUT2D eigenvalue weighted by Gasteiger charge is -2.14. The van der Waals surface area contributed by atoms with Crippen molar-refractivity contribution in [2.45, 2.75) is 71.3 Å². The van der Waals surface area contributed by atoms with Crippen LogP contribution in [0, 0.1) is 6.92 Å². The average Bonchev–Trinajstić information content (AvgIpc) is 2.74. The highest BCUT2D eigenvalue weighted by Gasteiger charge is 2.11. The molecule has 5 nitrogen and oxygen atoms in total. The first kappa shape index (κ1) is 24.2. The van der Waals surface area contributed by atoms with E-state index in [9.17, 15) is 0 Å². The number of nitrogens with two attached hydrogens (primary N) is 1. The SMILES string of the molecule is COCOCCCCCCCCCCc1nc(N)cc(C)c1OCc1ccccc1. The Morgan fingerprint density at radius 2 is 1.57 bits per heavy atom. The molecule has 30 heavy (non-hydrogen) atoms. The molecule has 0 bridgehead atoms. The summed E-state index contributed by atoms with van der Waals surface area (Å²) in [6.45, 7) is 3.80. The van der Waals surface area contributed by atoms with Crippen LogP contribution in [-0.4, -0.2) is 25.5 Å². The summed E-state index contributed by atoms with van der Waals surface area (Å²) in [4.78, 5) is 4.57. The lowest BCUT2D eigenvalue weighted by molar-refractivity contribution is -0.0315.